The molecule has 2 nitrogen and oxygen atoms in total. The maximum Gasteiger partial charge on any atom is 0.119 e. The number of nitrogens with one attached hydrogen (secondary N) is 1. The zero-order chi connectivity index (χ0) is 11.6. The van der Waals surface area contributed by atoms with Gasteiger partial charge in [0.1, 0.15) is 5.75 Å². The molecule has 90 valence electrons. The van der Waals surface area contributed by atoms with Crippen molar-refractivity contribution in [2.45, 2.75) is 13.3 Å². The largest absolute Gasteiger partial charge is 0.494 e. The van der Waals surface area contributed by atoms with Crippen LogP contribution in [-0.4, -0.2) is 25.6 Å². The predicted octanol–water partition coefficient (Wildman–Crippen LogP) is 2.92. The summed E-state index contributed by atoms with van der Waals surface area (Å²) in [6, 6.07) is 9.90. The Hall–Kier alpha value is -0.730. The second-order valence-electron chi connectivity index (χ2n) is 3.98. The Kier molecular flexibility index (Phi) is 7.02. The van der Waals surface area contributed by atoms with Crippen molar-refractivity contribution < 1.29 is 4.74 Å². The van der Waals surface area contributed by atoms with Gasteiger partial charge in [-0.05, 0) is 37.6 Å². The molecule has 0 saturated heterocycles. The van der Waals surface area contributed by atoms with E-state index < -0.39 is 0 Å². The van der Waals surface area contributed by atoms with E-state index in [1.807, 2.05) is 30.3 Å². The molecule has 0 aliphatic rings. The van der Waals surface area contributed by atoms with Gasteiger partial charge in [-0.25, -0.2) is 0 Å². The molecule has 0 saturated carbocycles. The Labute approximate surface area is 103 Å². The number of benzene rings is 1. The van der Waals surface area contributed by atoms with E-state index in [1.54, 1.807) is 0 Å². The number of hydrogen-bond acceptors (Lipinski definition) is 2. The van der Waals surface area contributed by atoms with E-state index in [2.05, 4.69) is 12.2 Å². The molecule has 1 aromatic carbocycles. The van der Waals surface area contributed by atoms with Gasteiger partial charge in [-0.3, -0.25) is 0 Å². The summed E-state index contributed by atoms with van der Waals surface area (Å²) in [7, 11) is 0. The lowest BCUT2D eigenvalue weighted by molar-refractivity contribution is 0.307. The number of rotatable bonds is 8. The SMILES string of the molecule is CC(CCl)CNCCCOc1ccccc1. The zero-order valence-corrected chi connectivity index (χ0v) is 10.5. The predicted molar refractivity (Wildman–Crippen MR) is 69.3 cm³/mol. The summed E-state index contributed by atoms with van der Waals surface area (Å²) in [5.74, 6) is 2.20. The van der Waals surface area contributed by atoms with E-state index in [0.29, 0.717) is 11.8 Å². The highest BCUT2D eigenvalue weighted by Crippen LogP contribution is 2.07. The van der Waals surface area contributed by atoms with Gasteiger partial charge in [-0.1, -0.05) is 25.1 Å². The molecular formula is C13H20ClNO. The fraction of sp³-hybridized carbons (Fsp3) is 0.538. The maximum absolute atomic E-state index is 5.71. The third kappa shape index (κ3) is 5.99. The van der Waals surface area contributed by atoms with E-state index in [9.17, 15) is 0 Å². The highest BCUT2D eigenvalue weighted by Gasteiger charge is 1.98. The molecule has 0 aliphatic carbocycles. The van der Waals surface area contributed by atoms with Crippen LogP contribution in [0.3, 0.4) is 0 Å². The molecular weight excluding hydrogens is 222 g/mol. The smallest absolute Gasteiger partial charge is 0.119 e. The summed E-state index contributed by atoms with van der Waals surface area (Å²) >= 11 is 5.71. The fourth-order valence-corrected chi connectivity index (χ4v) is 1.42. The van der Waals surface area contributed by atoms with Gasteiger partial charge in [0.25, 0.3) is 0 Å². The number of para-hydroxylation sites is 1. The molecule has 0 bridgehead atoms. The van der Waals surface area contributed by atoms with Crippen LogP contribution in [0.2, 0.25) is 0 Å². The van der Waals surface area contributed by atoms with Crippen molar-refractivity contribution in [3.63, 3.8) is 0 Å². The van der Waals surface area contributed by atoms with Gasteiger partial charge >= 0.3 is 0 Å². The van der Waals surface area contributed by atoms with Crippen LogP contribution in [0.1, 0.15) is 13.3 Å². The average molecular weight is 242 g/mol. The molecule has 1 N–H and O–H groups in total. The van der Waals surface area contributed by atoms with Crippen molar-refractivity contribution in [2.75, 3.05) is 25.6 Å². The van der Waals surface area contributed by atoms with Crippen LogP contribution in [0.15, 0.2) is 30.3 Å². The third-order valence-corrected chi connectivity index (χ3v) is 2.79. The zero-order valence-electron chi connectivity index (χ0n) is 9.79. The Bertz CT molecular complexity index is 266. The van der Waals surface area contributed by atoms with Gasteiger partial charge in [-0.15, -0.1) is 11.6 Å². The maximum atomic E-state index is 5.71. The van der Waals surface area contributed by atoms with E-state index in [-0.39, 0.29) is 0 Å². The van der Waals surface area contributed by atoms with Crippen LogP contribution in [0.5, 0.6) is 5.75 Å². The topological polar surface area (TPSA) is 21.3 Å². The minimum absolute atomic E-state index is 0.539. The van der Waals surface area contributed by atoms with E-state index >= 15 is 0 Å². The normalized spacial score (nSPS) is 12.4. The monoisotopic (exact) mass is 241 g/mol. The molecule has 3 heteroatoms. The van der Waals surface area contributed by atoms with Crippen molar-refractivity contribution >= 4 is 11.6 Å². The van der Waals surface area contributed by atoms with Crippen molar-refractivity contribution in [1.29, 1.82) is 0 Å². The lowest BCUT2D eigenvalue weighted by Crippen LogP contribution is -2.24. The Morgan fingerprint density at radius 3 is 2.75 bits per heavy atom. The first-order valence-electron chi connectivity index (χ1n) is 5.77. The number of alkyl halides is 1. The van der Waals surface area contributed by atoms with E-state index in [4.69, 9.17) is 16.3 Å². The van der Waals surface area contributed by atoms with Crippen molar-refractivity contribution in [3.05, 3.63) is 30.3 Å². The lowest BCUT2D eigenvalue weighted by atomic mass is 10.2. The second kappa shape index (κ2) is 8.43. The summed E-state index contributed by atoms with van der Waals surface area (Å²) in [6.45, 7) is 4.86. The van der Waals surface area contributed by atoms with Crippen LogP contribution in [0.4, 0.5) is 0 Å². The van der Waals surface area contributed by atoms with Crippen LogP contribution >= 0.6 is 11.6 Å². The van der Waals surface area contributed by atoms with Crippen LogP contribution in [0, 0.1) is 5.92 Å². The van der Waals surface area contributed by atoms with Gasteiger partial charge in [0.2, 0.25) is 0 Å². The van der Waals surface area contributed by atoms with Crippen molar-refractivity contribution in [1.82, 2.24) is 5.32 Å². The molecule has 0 radical (unpaired) electrons. The molecule has 0 aromatic heterocycles. The standard InChI is InChI=1S/C13H20ClNO/c1-12(10-14)11-15-8-5-9-16-13-6-3-2-4-7-13/h2-4,6-7,12,15H,5,8-11H2,1H3. The summed E-state index contributed by atoms with van der Waals surface area (Å²) in [4.78, 5) is 0. The van der Waals surface area contributed by atoms with Crippen molar-refractivity contribution in [3.8, 4) is 5.75 Å². The van der Waals surface area contributed by atoms with E-state index in [0.717, 1.165) is 31.9 Å². The minimum Gasteiger partial charge on any atom is -0.494 e. The number of hydrogen-bond donors (Lipinski definition) is 1. The van der Waals surface area contributed by atoms with Crippen molar-refractivity contribution in [2.24, 2.45) is 5.92 Å². The van der Waals surface area contributed by atoms with Crippen LogP contribution in [0.25, 0.3) is 0 Å². The second-order valence-corrected chi connectivity index (χ2v) is 4.29. The molecule has 1 rings (SSSR count). The molecule has 0 aliphatic heterocycles. The first-order valence-corrected chi connectivity index (χ1v) is 6.31. The molecule has 0 heterocycles. The number of halogens is 1. The van der Waals surface area contributed by atoms with Crippen LogP contribution in [-0.2, 0) is 0 Å². The lowest BCUT2D eigenvalue weighted by Gasteiger charge is -2.09. The van der Waals surface area contributed by atoms with Gasteiger partial charge in [-0.2, -0.15) is 0 Å². The van der Waals surface area contributed by atoms with Gasteiger partial charge in [0, 0.05) is 5.88 Å². The Morgan fingerprint density at radius 1 is 1.31 bits per heavy atom. The molecule has 1 aromatic rings. The minimum atomic E-state index is 0.539. The molecule has 0 amide bonds. The Morgan fingerprint density at radius 2 is 2.06 bits per heavy atom. The van der Waals surface area contributed by atoms with Gasteiger partial charge < -0.3 is 10.1 Å². The first kappa shape index (κ1) is 13.3. The fourth-order valence-electron chi connectivity index (χ4n) is 1.31. The average Bonchev–Trinajstić information content (AvgIpc) is 2.34. The van der Waals surface area contributed by atoms with Gasteiger partial charge in [0.15, 0.2) is 0 Å². The van der Waals surface area contributed by atoms with Crippen LogP contribution < -0.4 is 10.1 Å². The molecule has 1 atom stereocenters. The summed E-state index contributed by atoms with van der Waals surface area (Å²) in [6.07, 6.45) is 1.02. The van der Waals surface area contributed by atoms with Gasteiger partial charge in [0.05, 0.1) is 6.61 Å². The first-order chi connectivity index (χ1) is 7.83. The molecule has 0 spiro atoms. The van der Waals surface area contributed by atoms with E-state index in [1.165, 1.54) is 0 Å². The highest BCUT2D eigenvalue weighted by molar-refractivity contribution is 6.18. The summed E-state index contributed by atoms with van der Waals surface area (Å²) in [5, 5.41) is 3.36. The summed E-state index contributed by atoms with van der Waals surface area (Å²) in [5.41, 5.74) is 0. The third-order valence-electron chi connectivity index (χ3n) is 2.27. The molecule has 0 fully saturated rings. The molecule has 16 heavy (non-hydrogen) atoms. The molecule has 1 unspecified atom stereocenters. The number of ether oxygens (including phenoxy) is 1. The Balaban J connectivity index is 1.96. The summed E-state index contributed by atoms with van der Waals surface area (Å²) < 4.78 is 5.57. The quantitative estimate of drug-likeness (QED) is 0.558. The highest BCUT2D eigenvalue weighted by atomic mass is 35.5.